The van der Waals surface area contributed by atoms with Gasteiger partial charge in [-0.05, 0) is 36.2 Å². The molecule has 1 atom stereocenters. The summed E-state index contributed by atoms with van der Waals surface area (Å²) in [6, 6.07) is 13.5. The van der Waals surface area contributed by atoms with E-state index in [4.69, 9.17) is 11.6 Å². The van der Waals surface area contributed by atoms with Gasteiger partial charge in [-0.15, -0.1) is 0 Å². The highest BCUT2D eigenvalue weighted by atomic mass is 35.5. The number of amides is 2. The molecule has 0 aliphatic rings. The molecule has 2 aromatic carbocycles. The molecule has 5 nitrogen and oxygen atoms in total. The van der Waals surface area contributed by atoms with Crippen molar-refractivity contribution in [2.75, 3.05) is 5.32 Å². The van der Waals surface area contributed by atoms with Gasteiger partial charge in [-0.1, -0.05) is 55.0 Å². The zero-order valence-electron chi connectivity index (χ0n) is 14.3. The Morgan fingerprint density at radius 2 is 1.85 bits per heavy atom. The highest BCUT2D eigenvalue weighted by molar-refractivity contribution is 7.22. The van der Waals surface area contributed by atoms with Crippen LogP contribution in [0.15, 0.2) is 48.5 Å². The maximum atomic E-state index is 12.7. The van der Waals surface area contributed by atoms with Gasteiger partial charge in [-0.3, -0.25) is 9.59 Å². The molecular formula is C19H18ClN3O2S. The summed E-state index contributed by atoms with van der Waals surface area (Å²) in [5, 5.41) is 6.70. The zero-order valence-corrected chi connectivity index (χ0v) is 15.9. The fraction of sp³-hybridized carbons (Fsp3) is 0.211. The van der Waals surface area contributed by atoms with Crippen molar-refractivity contribution < 1.29 is 9.59 Å². The monoisotopic (exact) mass is 387 g/mol. The number of fused-ring (bicyclic) bond motifs is 1. The SMILES string of the molecule is CC(C)[C@H](NC(=O)c1ccccc1)C(=O)Nc1nc2ccc(Cl)cc2s1. The first-order valence-corrected chi connectivity index (χ1v) is 9.36. The number of carbonyl (C=O) groups is 2. The van der Waals surface area contributed by atoms with Crippen LogP contribution in [0.3, 0.4) is 0 Å². The molecule has 0 radical (unpaired) electrons. The van der Waals surface area contributed by atoms with E-state index < -0.39 is 6.04 Å². The molecule has 7 heteroatoms. The van der Waals surface area contributed by atoms with E-state index >= 15 is 0 Å². The van der Waals surface area contributed by atoms with E-state index in [-0.39, 0.29) is 17.7 Å². The lowest BCUT2D eigenvalue weighted by Gasteiger charge is -2.21. The molecule has 0 spiro atoms. The van der Waals surface area contributed by atoms with Gasteiger partial charge >= 0.3 is 0 Å². The van der Waals surface area contributed by atoms with Crippen molar-refractivity contribution in [3.8, 4) is 0 Å². The quantitative estimate of drug-likeness (QED) is 0.684. The maximum absolute atomic E-state index is 12.7. The Hall–Kier alpha value is -2.44. The number of aromatic nitrogens is 1. The predicted molar refractivity (Wildman–Crippen MR) is 106 cm³/mol. The van der Waals surface area contributed by atoms with Gasteiger partial charge in [0.2, 0.25) is 5.91 Å². The van der Waals surface area contributed by atoms with E-state index in [1.54, 1.807) is 42.5 Å². The molecule has 134 valence electrons. The number of carbonyl (C=O) groups excluding carboxylic acids is 2. The Labute approximate surface area is 160 Å². The molecule has 2 N–H and O–H groups in total. The third kappa shape index (κ3) is 4.20. The first kappa shape index (κ1) is 18.4. The van der Waals surface area contributed by atoms with Gasteiger partial charge in [-0.2, -0.15) is 0 Å². The van der Waals surface area contributed by atoms with Crippen molar-refractivity contribution in [3.05, 3.63) is 59.1 Å². The van der Waals surface area contributed by atoms with E-state index in [1.165, 1.54) is 11.3 Å². The van der Waals surface area contributed by atoms with Crippen LogP contribution in [0.4, 0.5) is 5.13 Å². The van der Waals surface area contributed by atoms with E-state index in [0.29, 0.717) is 15.7 Å². The summed E-state index contributed by atoms with van der Waals surface area (Å²) in [6.45, 7) is 3.77. The normalized spacial score (nSPS) is 12.2. The number of benzene rings is 2. The number of hydrogen-bond donors (Lipinski definition) is 2. The highest BCUT2D eigenvalue weighted by Gasteiger charge is 2.25. The van der Waals surface area contributed by atoms with Crippen LogP contribution in [-0.2, 0) is 4.79 Å². The van der Waals surface area contributed by atoms with Crippen LogP contribution in [0.5, 0.6) is 0 Å². The average Bonchev–Trinajstić information content (AvgIpc) is 3.01. The van der Waals surface area contributed by atoms with Crippen molar-refractivity contribution in [2.24, 2.45) is 5.92 Å². The Morgan fingerprint density at radius 1 is 1.12 bits per heavy atom. The molecule has 1 aromatic heterocycles. The molecule has 2 amide bonds. The van der Waals surface area contributed by atoms with Crippen molar-refractivity contribution in [3.63, 3.8) is 0 Å². The molecule has 3 aromatic rings. The van der Waals surface area contributed by atoms with Gasteiger partial charge in [0.1, 0.15) is 6.04 Å². The molecule has 0 aliphatic carbocycles. The smallest absolute Gasteiger partial charge is 0.251 e. The maximum Gasteiger partial charge on any atom is 0.251 e. The number of anilines is 1. The first-order valence-electron chi connectivity index (χ1n) is 8.17. The van der Waals surface area contributed by atoms with Gasteiger partial charge in [-0.25, -0.2) is 4.98 Å². The van der Waals surface area contributed by atoms with Crippen LogP contribution in [0, 0.1) is 5.92 Å². The third-order valence-electron chi connectivity index (χ3n) is 3.85. The van der Waals surface area contributed by atoms with Crippen LogP contribution in [-0.4, -0.2) is 22.8 Å². The van der Waals surface area contributed by atoms with Crippen molar-refractivity contribution in [2.45, 2.75) is 19.9 Å². The number of nitrogens with zero attached hydrogens (tertiary/aromatic N) is 1. The van der Waals surface area contributed by atoms with Gasteiger partial charge in [0.25, 0.3) is 5.91 Å². The summed E-state index contributed by atoms with van der Waals surface area (Å²) in [6.07, 6.45) is 0. The van der Waals surface area contributed by atoms with Gasteiger partial charge in [0.15, 0.2) is 5.13 Å². The molecule has 0 aliphatic heterocycles. The number of thiazole rings is 1. The van der Waals surface area contributed by atoms with Crippen LogP contribution < -0.4 is 10.6 Å². The summed E-state index contributed by atoms with van der Waals surface area (Å²) >= 11 is 7.33. The summed E-state index contributed by atoms with van der Waals surface area (Å²) < 4.78 is 0.891. The summed E-state index contributed by atoms with van der Waals surface area (Å²) in [5.74, 6) is -0.656. The van der Waals surface area contributed by atoms with Crippen LogP contribution >= 0.6 is 22.9 Å². The first-order chi connectivity index (χ1) is 12.4. The molecule has 0 fully saturated rings. The van der Waals surface area contributed by atoms with Gasteiger partial charge in [0.05, 0.1) is 10.2 Å². The Balaban J connectivity index is 1.74. The number of halogens is 1. The molecular weight excluding hydrogens is 370 g/mol. The summed E-state index contributed by atoms with van der Waals surface area (Å²) in [5.41, 5.74) is 1.28. The van der Waals surface area contributed by atoms with Crippen LogP contribution in [0.25, 0.3) is 10.2 Å². The van der Waals surface area contributed by atoms with Crippen LogP contribution in [0.1, 0.15) is 24.2 Å². The largest absolute Gasteiger partial charge is 0.340 e. The van der Waals surface area contributed by atoms with E-state index in [0.717, 1.165) is 10.2 Å². The molecule has 1 heterocycles. The van der Waals surface area contributed by atoms with Crippen molar-refractivity contribution >= 4 is 50.1 Å². The lowest BCUT2D eigenvalue weighted by molar-refractivity contribution is -0.118. The topological polar surface area (TPSA) is 71.1 Å². The minimum absolute atomic E-state index is 0.0773. The van der Waals surface area contributed by atoms with Crippen LogP contribution in [0.2, 0.25) is 5.02 Å². The minimum atomic E-state index is -0.668. The Kier molecular flexibility index (Phi) is 5.54. The van der Waals surface area contributed by atoms with E-state index in [1.807, 2.05) is 19.9 Å². The summed E-state index contributed by atoms with van der Waals surface area (Å²) in [7, 11) is 0. The average molecular weight is 388 g/mol. The molecule has 0 saturated heterocycles. The molecule has 0 saturated carbocycles. The standard InChI is InChI=1S/C19H18ClN3O2S/c1-11(2)16(22-17(24)12-6-4-3-5-7-12)18(25)23-19-21-14-9-8-13(20)10-15(14)26-19/h3-11,16H,1-2H3,(H,22,24)(H,21,23,25)/t16-/m0/s1. The predicted octanol–water partition coefficient (Wildman–Crippen LogP) is 4.34. The second-order valence-corrected chi connectivity index (χ2v) is 7.65. The number of nitrogens with one attached hydrogen (secondary N) is 2. The Bertz CT molecular complexity index is 940. The highest BCUT2D eigenvalue weighted by Crippen LogP contribution is 2.28. The second kappa shape index (κ2) is 7.85. The fourth-order valence-electron chi connectivity index (χ4n) is 2.48. The zero-order chi connectivity index (χ0) is 18.7. The van der Waals surface area contributed by atoms with Gasteiger partial charge in [0, 0.05) is 10.6 Å². The lowest BCUT2D eigenvalue weighted by Crippen LogP contribution is -2.47. The fourth-order valence-corrected chi connectivity index (χ4v) is 3.63. The molecule has 3 rings (SSSR count). The minimum Gasteiger partial charge on any atom is -0.340 e. The second-order valence-electron chi connectivity index (χ2n) is 6.18. The number of rotatable bonds is 5. The molecule has 0 bridgehead atoms. The van der Waals surface area contributed by atoms with Crippen molar-refractivity contribution in [1.29, 1.82) is 0 Å². The molecule has 0 unspecified atom stereocenters. The molecule has 26 heavy (non-hydrogen) atoms. The van der Waals surface area contributed by atoms with Gasteiger partial charge < -0.3 is 10.6 Å². The number of hydrogen-bond acceptors (Lipinski definition) is 4. The van der Waals surface area contributed by atoms with E-state index in [2.05, 4.69) is 15.6 Å². The summed E-state index contributed by atoms with van der Waals surface area (Å²) in [4.78, 5) is 29.4. The van der Waals surface area contributed by atoms with Crippen molar-refractivity contribution in [1.82, 2.24) is 10.3 Å². The third-order valence-corrected chi connectivity index (χ3v) is 5.02. The van der Waals surface area contributed by atoms with E-state index in [9.17, 15) is 9.59 Å². The Morgan fingerprint density at radius 3 is 2.54 bits per heavy atom. The lowest BCUT2D eigenvalue weighted by atomic mass is 10.0.